The van der Waals surface area contributed by atoms with Gasteiger partial charge in [0.05, 0.1) is 20.3 Å². The van der Waals surface area contributed by atoms with Gasteiger partial charge in [0.25, 0.3) is 0 Å². The van der Waals surface area contributed by atoms with Gasteiger partial charge < -0.3 is 14.8 Å². The maximum absolute atomic E-state index is 12.4. The van der Waals surface area contributed by atoms with Crippen LogP contribution < -0.4 is 14.8 Å². The summed E-state index contributed by atoms with van der Waals surface area (Å²) in [5.74, 6) is 1.73. The Morgan fingerprint density at radius 3 is 2.59 bits per heavy atom. The predicted molar refractivity (Wildman–Crippen MR) is 108 cm³/mol. The molecule has 0 bridgehead atoms. The summed E-state index contributed by atoms with van der Waals surface area (Å²) in [7, 11) is 3.19. The van der Waals surface area contributed by atoms with E-state index >= 15 is 0 Å². The van der Waals surface area contributed by atoms with Gasteiger partial charge in [-0.15, -0.1) is 10.2 Å². The first-order valence-corrected chi connectivity index (χ1v) is 9.32. The average molecular weight is 395 g/mol. The van der Waals surface area contributed by atoms with E-state index in [1.165, 1.54) is 10.4 Å². The van der Waals surface area contributed by atoms with Crippen LogP contribution in [0.15, 0.2) is 42.5 Å². The fraction of sp³-hybridized carbons (Fsp3) is 0.333. The summed E-state index contributed by atoms with van der Waals surface area (Å²) in [5, 5.41) is 15.3. The van der Waals surface area contributed by atoms with Gasteiger partial charge in [-0.25, -0.2) is 0 Å². The Morgan fingerprint density at radius 2 is 1.90 bits per heavy atom. The van der Waals surface area contributed by atoms with Crippen LogP contribution in [0.5, 0.6) is 11.5 Å². The third-order valence-corrected chi connectivity index (χ3v) is 4.54. The molecule has 1 heterocycles. The third-order valence-electron chi connectivity index (χ3n) is 4.54. The number of hydrogen-bond acceptors (Lipinski definition) is 6. The van der Waals surface area contributed by atoms with E-state index in [-0.39, 0.29) is 18.5 Å². The number of tetrazole rings is 1. The summed E-state index contributed by atoms with van der Waals surface area (Å²) in [5.41, 5.74) is 3.12. The Hall–Kier alpha value is -3.42. The Balaban J connectivity index is 1.61. The highest BCUT2D eigenvalue weighted by Crippen LogP contribution is 2.29. The summed E-state index contributed by atoms with van der Waals surface area (Å²) in [6, 6.07) is 13.3. The lowest BCUT2D eigenvalue weighted by Crippen LogP contribution is -2.31. The minimum Gasteiger partial charge on any atom is -0.497 e. The number of methoxy groups -OCH3 is 2. The quantitative estimate of drug-likeness (QED) is 0.630. The minimum absolute atomic E-state index is 0.0163. The molecular formula is C21H25N5O3. The SMILES string of the molecule is COc1ccc(OC)c([C@@H](C)NC(=O)Cn2nnc(Cc3ccc(C)cc3)n2)c1. The lowest BCUT2D eigenvalue weighted by atomic mass is 10.1. The molecule has 1 aromatic heterocycles. The first-order valence-electron chi connectivity index (χ1n) is 9.32. The van der Waals surface area contributed by atoms with Gasteiger partial charge in [-0.3, -0.25) is 4.79 Å². The molecule has 3 rings (SSSR count). The van der Waals surface area contributed by atoms with Gasteiger partial charge in [0.15, 0.2) is 5.82 Å². The number of carbonyl (C=O) groups excluding carboxylic acids is 1. The molecule has 8 nitrogen and oxygen atoms in total. The predicted octanol–water partition coefficient (Wildman–Crippen LogP) is 2.47. The second kappa shape index (κ2) is 9.18. The van der Waals surface area contributed by atoms with E-state index < -0.39 is 0 Å². The molecule has 0 unspecified atom stereocenters. The van der Waals surface area contributed by atoms with Crippen LogP contribution in [0.25, 0.3) is 0 Å². The van der Waals surface area contributed by atoms with Crippen molar-refractivity contribution in [2.75, 3.05) is 14.2 Å². The molecular weight excluding hydrogens is 370 g/mol. The van der Waals surface area contributed by atoms with Crippen LogP contribution in [0.2, 0.25) is 0 Å². The highest BCUT2D eigenvalue weighted by Gasteiger charge is 2.16. The van der Waals surface area contributed by atoms with Gasteiger partial charge in [0, 0.05) is 12.0 Å². The van der Waals surface area contributed by atoms with Crippen molar-refractivity contribution in [3.05, 3.63) is 65.0 Å². The van der Waals surface area contributed by atoms with E-state index in [1.54, 1.807) is 14.2 Å². The van der Waals surface area contributed by atoms with Crippen LogP contribution in [0.4, 0.5) is 0 Å². The number of aryl methyl sites for hydroxylation is 1. The monoisotopic (exact) mass is 395 g/mol. The Morgan fingerprint density at radius 1 is 1.14 bits per heavy atom. The van der Waals surface area contributed by atoms with Crippen molar-refractivity contribution < 1.29 is 14.3 Å². The summed E-state index contributed by atoms with van der Waals surface area (Å²) in [6.45, 7) is 3.91. The molecule has 0 saturated carbocycles. The van der Waals surface area contributed by atoms with E-state index in [4.69, 9.17) is 9.47 Å². The molecule has 0 aliphatic rings. The molecule has 1 amide bonds. The largest absolute Gasteiger partial charge is 0.497 e. The smallest absolute Gasteiger partial charge is 0.244 e. The van der Waals surface area contributed by atoms with Crippen molar-refractivity contribution in [2.24, 2.45) is 0 Å². The molecule has 0 spiro atoms. The number of nitrogens with one attached hydrogen (secondary N) is 1. The molecule has 8 heteroatoms. The van der Waals surface area contributed by atoms with E-state index in [1.807, 2.05) is 56.3 Å². The zero-order chi connectivity index (χ0) is 20.8. The molecule has 1 N–H and O–H groups in total. The fourth-order valence-corrected chi connectivity index (χ4v) is 2.97. The van der Waals surface area contributed by atoms with E-state index in [0.29, 0.717) is 23.7 Å². The minimum atomic E-state index is -0.275. The van der Waals surface area contributed by atoms with E-state index in [0.717, 1.165) is 11.1 Å². The molecule has 2 aromatic carbocycles. The van der Waals surface area contributed by atoms with Crippen molar-refractivity contribution in [1.82, 2.24) is 25.5 Å². The Bertz CT molecular complexity index is 969. The highest BCUT2D eigenvalue weighted by atomic mass is 16.5. The number of rotatable bonds is 8. The topological polar surface area (TPSA) is 91.2 Å². The lowest BCUT2D eigenvalue weighted by molar-refractivity contribution is -0.122. The average Bonchev–Trinajstić information content (AvgIpc) is 3.15. The fourth-order valence-electron chi connectivity index (χ4n) is 2.97. The maximum atomic E-state index is 12.4. The van der Waals surface area contributed by atoms with Crippen LogP contribution in [0.1, 0.15) is 35.5 Å². The summed E-state index contributed by atoms with van der Waals surface area (Å²) < 4.78 is 10.6. The number of amides is 1. The van der Waals surface area contributed by atoms with Gasteiger partial charge in [-0.2, -0.15) is 4.80 Å². The second-order valence-corrected chi connectivity index (χ2v) is 6.80. The Kier molecular flexibility index (Phi) is 6.43. The normalized spacial score (nSPS) is 11.7. The van der Waals surface area contributed by atoms with Gasteiger partial charge in [0.2, 0.25) is 5.91 Å². The number of ether oxygens (including phenoxy) is 2. The molecule has 0 saturated heterocycles. The van der Waals surface area contributed by atoms with Crippen LogP contribution in [0, 0.1) is 6.92 Å². The molecule has 3 aromatic rings. The van der Waals surface area contributed by atoms with Crippen molar-refractivity contribution in [1.29, 1.82) is 0 Å². The third kappa shape index (κ3) is 5.31. The van der Waals surface area contributed by atoms with Crippen LogP contribution in [-0.2, 0) is 17.8 Å². The van der Waals surface area contributed by atoms with Gasteiger partial charge in [-0.05, 0) is 42.8 Å². The maximum Gasteiger partial charge on any atom is 0.244 e. The number of hydrogen-bond donors (Lipinski definition) is 1. The Labute approximate surface area is 169 Å². The van der Waals surface area contributed by atoms with E-state index in [9.17, 15) is 4.79 Å². The second-order valence-electron chi connectivity index (χ2n) is 6.80. The van der Waals surface area contributed by atoms with Crippen LogP contribution in [0.3, 0.4) is 0 Å². The van der Waals surface area contributed by atoms with Crippen molar-refractivity contribution in [3.63, 3.8) is 0 Å². The number of nitrogens with zero attached hydrogens (tertiary/aromatic N) is 4. The van der Waals surface area contributed by atoms with E-state index in [2.05, 4.69) is 20.7 Å². The lowest BCUT2D eigenvalue weighted by Gasteiger charge is -2.18. The molecule has 29 heavy (non-hydrogen) atoms. The van der Waals surface area contributed by atoms with Crippen molar-refractivity contribution >= 4 is 5.91 Å². The van der Waals surface area contributed by atoms with Gasteiger partial charge in [0.1, 0.15) is 18.0 Å². The zero-order valence-electron chi connectivity index (χ0n) is 17.0. The molecule has 0 aliphatic carbocycles. The number of carbonyl (C=O) groups is 1. The molecule has 152 valence electrons. The summed E-state index contributed by atoms with van der Waals surface area (Å²) >= 11 is 0. The zero-order valence-corrected chi connectivity index (χ0v) is 17.0. The highest BCUT2D eigenvalue weighted by molar-refractivity contribution is 5.76. The molecule has 0 radical (unpaired) electrons. The van der Waals surface area contributed by atoms with Crippen molar-refractivity contribution in [3.8, 4) is 11.5 Å². The summed E-state index contributed by atoms with van der Waals surface area (Å²) in [4.78, 5) is 13.7. The first kappa shape index (κ1) is 20.3. The molecule has 0 fully saturated rings. The van der Waals surface area contributed by atoms with Crippen LogP contribution in [-0.4, -0.2) is 40.3 Å². The summed E-state index contributed by atoms with van der Waals surface area (Å²) in [6.07, 6.45) is 0.569. The molecule has 0 aliphatic heterocycles. The number of benzene rings is 2. The molecule has 1 atom stereocenters. The van der Waals surface area contributed by atoms with Gasteiger partial charge in [-0.1, -0.05) is 29.8 Å². The van der Waals surface area contributed by atoms with Crippen LogP contribution >= 0.6 is 0 Å². The van der Waals surface area contributed by atoms with Crippen molar-refractivity contribution in [2.45, 2.75) is 32.9 Å². The first-order chi connectivity index (χ1) is 14.0. The standard InChI is InChI=1S/C21H25N5O3/c1-14-5-7-16(8-6-14)11-20-23-25-26(24-20)13-21(27)22-15(2)18-12-17(28-3)9-10-19(18)29-4/h5-10,12,15H,11,13H2,1-4H3,(H,22,27)/t15-/m1/s1. The number of aromatic nitrogens is 4. The van der Waals surface area contributed by atoms with Gasteiger partial charge >= 0.3 is 0 Å².